The van der Waals surface area contributed by atoms with Gasteiger partial charge in [-0.2, -0.15) is 0 Å². The van der Waals surface area contributed by atoms with Crippen molar-refractivity contribution >= 4 is 11.7 Å². The zero-order valence-corrected chi connectivity index (χ0v) is 13.0. The molecule has 0 bridgehead atoms. The molecule has 4 rings (SSSR count). The lowest BCUT2D eigenvalue weighted by Gasteiger charge is -2.36. The first kappa shape index (κ1) is 14.2. The maximum Gasteiger partial charge on any atom is 0.324 e. The van der Waals surface area contributed by atoms with Gasteiger partial charge in [0.05, 0.1) is 11.7 Å². The van der Waals surface area contributed by atoms with Crippen LogP contribution in [0.5, 0.6) is 0 Å². The maximum absolute atomic E-state index is 12.6. The van der Waals surface area contributed by atoms with E-state index >= 15 is 0 Å². The van der Waals surface area contributed by atoms with Gasteiger partial charge in [0, 0.05) is 44.6 Å². The Balaban J connectivity index is 1.45. The molecular formula is C18H20N4O. The number of piperazine rings is 1. The van der Waals surface area contributed by atoms with Gasteiger partial charge in [0.2, 0.25) is 0 Å². The van der Waals surface area contributed by atoms with Gasteiger partial charge in [-0.05, 0) is 24.3 Å². The van der Waals surface area contributed by atoms with E-state index < -0.39 is 0 Å². The van der Waals surface area contributed by atoms with Crippen molar-refractivity contribution in [2.24, 2.45) is 0 Å². The number of hydrogen-bond acceptors (Lipinski definition) is 3. The molecule has 0 unspecified atom stereocenters. The molecule has 118 valence electrons. The van der Waals surface area contributed by atoms with Crippen LogP contribution in [0.3, 0.4) is 0 Å². The Kier molecular flexibility index (Phi) is 3.71. The second kappa shape index (κ2) is 6.01. The van der Waals surface area contributed by atoms with Crippen molar-refractivity contribution in [1.29, 1.82) is 0 Å². The first-order chi connectivity index (χ1) is 11.3. The SMILES string of the molecule is O=C1N(c2ccccc2)C[C@H]2CN(Cc3ccccn3)CCN12. The molecule has 0 radical (unpaired) electrons. The summed E-state index contributed by atoms with van der Waals surface area (Å²) in [5.74, 6) is 0. The average molecular weight is 308 g/mol. The van der Waals surface area contributed by atoms with Crippen molar-refractivity contribution in [3.63, 3.8) is 0 Å². The molecule has 1 atom stereocenters. The topological polar surface area (TPSA) is 39.7 Å². The van der Waals surface area contributed by atoms with Crippen molar-refractivity contribution in [1.82, 2.24) is 14.8 Å². The number of carbonyl (C=O) groups is 1. The lowest BCUT2D eigenvalue weighted by molar-refractivity contribution is 0.116. The molecule has 2 aromatic rings. The van der Waals surface area contributed by atoms with Crippen LogP contribution in [0.4, 0.5) is 10.5 Å². The molecule has 2 aliphatic rings. The standard InChI is InChI=1S/C18H20N4O/c23-18-21-11-10-20(12-15-6-4-5-9-19-15)13-17(21)14-22(18)16-7-2-1-3-8-16/h1-9,17H,10-14H2/t17-/m1/s1. The number of amides is 2. The minimum Gasteiger partial charge on any atom is -0.317 e. The van der Waals surface area contributed by atoms with E-state index in [9.17, 15) is 4.79 Å². The largest absolute Gasteiger partial charge is 0.324 e. The van der Waals surface area contributed by atoms with Crippen molar-refractivity contribution in [2.75, 3.05) is 31.1 Å². The van der Waals surface area contributed by atoms with E-state index in [4.69, 9.17) is 0 Å². The summed E-state index contributed by atoms with van der Waals surface area (Å²) < 4.78 is 0. The van der Waals surface area contributed by atoms with Gasteiger partial charge in [0.15, 0.2) is 0 Å². The fourth-order valence-electron chi connectivity index (χ4n) is 3.46. The second-order valence-corrected chi connectivity index (χ2v) is 6.13. The van der Waals surface area contributed by atoms with E-state index in [1.807, 2.05) is 58.5 Å². The highest BCUT2D eigenvalue weighted by Gasteiger charge is 2.41. The number of benzene rings is 1. The minimum atomic E-state index is 0.138. The summed E-state index contributed by atoms with van der Waals surface area (Å²) in [4.78, 5) is 23.3. The highest BCUT2D eigenvalue weighted by molar-refractivity contribution is 5.94. The molecule has 0 spiro atoms. The monoisotopic (exact) mass is 308 g/mol. The highest BCUT2D eigenvalue weighted by atomic mass is 16.2. The van der Waals surface area contributed by atoms with Gasteiger partial charge in [-0.25, -0.2) is 4.79 Å². The van der Waals surface area contributed by atoms with E-state index in [0.717, 1.165) is 44.1 Å². The van der Waals surface area contributed by atoms with Crippen LogP contribution in [0.25, 0.3) is 0 Å². The molecule has 0 saturated carbocycles. The van der Waals surface area contributed by atoms with Crippen LogP contribution in [0, 0.1) is 0 Å². The number of aromatic nitrogens is 1. The third-order valence-electron chi connectivity index (χ3n) is 4.62. The fourth-order valence-corrected chi connectivity index (χ4v) is 3.46. The minimum absolute atomic E-state index is 0.138. The van der Waals surface area contributed by atoms with Gasteiger partial charge < -0.3 is 4.90 Å². The molecule has 1 aromatic heterocycles. The number of pyridine rings is 1. The van der Waals surface area contributed by atoms with E-state index in [1.165, 1.54) is 0 Å². The molecule has 5 nitrogen and oxygen atoms in total. The lowest BCUT2D eigenvalue weighted by atomic mass is 10.2. The second-order valence-electron chi connectivity index (χ2n) is 6.13. The summed E-state index contributed by atoms with van der Waals surface area (Å²) in [7, 11) is 0. The van der Waals surface area contributed by atoms with Gasteiger partial charge in [0.25, 0.3) is 0 Å². The first-order valence-corrected chi connectivity index (χ1v) is 8.07. The first-order valence-electron chi connectivity index (χ1n) is 8.07. The van der Waals surface area contributed by atoms with E-state index in [2.05, 4.69) is 16.0 Å². The van der Waals surface area contributed by atoms with Crippen LogP contribution in [0.15, 0.2) is 54.7 Å². The number of carbonyl (C=O) groups excluding carboxylic acids is 1. The predicted octanol–water partition coefficient (Wildman–Crippen LogP) is 2.21. The highest BCUT2D eigenvalue weighted by Crippen LogP contribution is 2.26. The third-order valence-corrected chi connectivity index (χ3v) is 4.62. The lowest BCUT2D eigenvalue weighted by Crippen LogP contribution is -2.51. The normalized spacial score (nSPS) is 21.6. The zero-order chi connectivity index (χ0) is 15.6. The predicted molar refractivity (Wildman–Crippen MR) is 89.2 cm³/mol. The van der Waals surface area contributed by atoms with Crippen LogP contribution < -0.4 is 4.90 Å². The average Bonchev–Trinajstić information content (AvgIpc) is 2.93. The van der Waals surface area contributed by atoms with E-state index in [-0.39, 0.29) is 12.1 Å². The summed E-state index contributed by atoms with van der Waals surface area (Å²) in [5, 5.41) is 0. The molecule has 2 amide bonds. The van der Waals surface area contributed by atoms with Gasteiger partial charge in [-0.1, -0.05) is 24.3 Å². The molecule has 3 heterocycles. The Morgan fingerprint density at radius 1 is 1.00 bits per heavy atom. The maximum atomic E-state index is 12.6. The Morgan fingerprint density at radius 2 is 1.83 bits per heavy atom. The number of para-hydroxylation sites is 1. The van der Waals surface area contributed by atoms with Crippen LogP contribution in [-0.4, -0.2) is 53.0 Å². The Labute approximate surface area is 136 Å². The van der Waals surface area contributed by atoms with Crippen LogP contribution in [-0.2, 0) is 6.54 Å². The molecule has 5 heteroatoms. The number of urea groups is 1. The van der Waals surface area contributed by atoms with Crippen LogP contribution in [0.1, 0.15) is 5.69 Å². The molecule has 0 N–H and O–H groups in total. The Hall–Kier alpha value is -2.40. The molecular weight excluding hydrogens is 288 g/mol. The molecule has 23 heavy (non-hydrogen) atoms. The molecule has 1 aromatic carbocycles. The summed E-state index contributed by atoms with van der Waals surface area (Å²) in [6.07, 6.45) is 1.84. The van der Waals surface area contributed by atoms with Crippen molar-refractivity contribution in [3.05, 3.63) is 60.4 Å². The number of fused-ring (bicyclic) bond motifs is 1. The number of anilines is 1. The summed E-state index contributed by atoms with van der Waals surface area (Å²) in [5.41, 5.74) is 2.08. The van der Waals surface area contributed by atoms with Crippen molar-refractivity contribution in [3.8, 4) is 0 Å². The molecule has 2 aliphatic heterocycles. The van der Waals surface area contributed by atoms with E-state index in [0.29, 0.717) is 0 Å². The smallest absolute Gasteiger partial charge is 0.317 e. The number of hydrogen-bond donors (Lipinski definition) is 0. The van der Waals surface area contributed by atoms with E-state index in [1.54, 1.807) is 0 Å². The number of rotatable bonds is 3. The van der Waals surface area contributed by atoms with Crippen molar-refractivity contribution < 1.29 is 4.79 Å². The Morgan fingerprint density at radius 3 is 2.61 bits per heavy atom. The summed E-state index contributed by atoms with van der Waals surface area (Å²) >= 11 is 0. The van der Waals surface area contributed by atoms with Crippen LogP contribution >= 0.6 is 0 Å². The van der Waals surface area contributed by atoms with Gasteiger partial charge in [-0.15, -0.1) is 0 Å². The summed E-state index contributed by atoms with van der Waals surface area (Å²) in [6, 6.07) is 16.4. The molecule has 0 aliphatic carbocycles. The van der Waals surface area contributed by atoms with Crippen molar-refractivity contribution in [2.45, 2.75) is 12.6 Å². The Bertz CT molecular complexity index is 676. The molecule has 2 fully saturated rings. The van der Waals surface area contributed by atoms with Gasteiger partial charge in [0.1, 0.15) is 0 Å². The zero-order valence-electron chi connectivity index (χ0n) is 13.0. The summed E-state index contributed by atoms with van der Waals surface area (Å²) in [6.45, 7) is 4.22. The molecule has 2 saturated heterocycles. The fraction of sp³-hybridized carbons (Fsp3) is 0.333. The van der Waals surface area contributed by atoms with Gasteiger partial charge in [-0.3, -0.25) is 14.8 Å². The quantitative estimate of drug-likeness (QED) is 0.873. The van der Waals surface area contributed by atoms with Crippen LogP contribution in [0.2, 0.25) is 0 Å². The number of nitrogens with zero attached hydrogens (tertiary/aromatic N) is 4. The third kappa shape index (κ3) is 2.80. The van der Waals surface area contributed by atoms with Gasteiger partial charge >= 0.3 is 6.03 Å².